The van der Waals surface area contributed by atoms with Gasteiger partial charge in [-0.3, -0.25) is 0 Å². The molecule has 0 radical (unpaired) electrons. The Morgan fingerprint density at radius 1 is 1.38 bits per heavy atom. The van der Waals surface area contributed by atoms with Crippen molar-refractivity contribution < 1.29 is 5.11 Å². The summed E-state index contributed by atoms with van der Waals surface area (Å²) in [4.78, 5) is 0. The summed E-state index contributed by atoms with van der Waals surface area (Å²) in [5.41, 5.74) is 0. The van der Waals surface area contributed by atoms with Gasteiger partial charge in [-0.15, -0.1) is 0 Å². The van der Waals surface area contributed by atoms with E-state index in [4.69, 9.17) is 5.11 Å². The fourth-order valence-corrected chi connectivity index (χ4v) is 2.10. The van der Waals surface area contributed by atoms with Crippen LogP contribution in [0.1, 0.15) is 46.0 Å². The molecule has 0 unspecified atom stereocenters. The zero-order chi connectivity index (χ0) is 9.68. The van der Waals surface area contributed by atoms with Crippen LogP contribution in [0.2, 0.25) is 0 Å². The molecule has 1 rings (SSSR count). The number of nitrogens with one attached hydrogen (secondary N) is 1. The Labute approximate surface area is 81.7 Å². The third-order valence-corrected chi connectivity index (χ3v) is 3.08. The molecule has 1 fully saturated rings. The highest BCUT2D eigenvalue weighted by atomic mass is 16.3. The van der Waals surface area contributed by atoms with Gasteiger partial charge < -0.3 is 10.4 Å². The predicted molar refractivity (Wildman–Crippen MR) is 55.7 cm³/mol. The van der Waals surface area contributed by atoms with E-state index in [1.165, 1.54) is 25.7 Å². The number of aliphatic hydroxyl groups excluding tert-OH is 1. The van der Waals surface area contributed by atoms with Crippen molar-refractivity contribution in [2.75, 3.05) is 6.54 Å². The van der Waals surface area contributed by atoms with Gasteiger partial charge in [-0.05, 0) is 38.6 Å². The lowest BCUT2D eigenvalue weighted by molar-refractivity contribution is 0.177. The summed E-state index contributed by atoms with van der Waals surface area (Å²) in [5.74, 6) is 0.822. The van der Waals surface area contributed by atoms with Crippen molar-refractivity contribution in [3.05, 3.63) is 0 Å². The van der Waals surface area contributed by atoms with Crippen molar-refractivity contribution in [1.29, 1.82) is 0 Å². The van der Waals surface area contributed by atoms with Gasteiger partial charge in [0.15, 0.2) is 0 Å². The summed E-state index contributed by atoms with van der Waals surface area (Å²) in [6, 6.07) is 0.701. The van der Waals surface area contributed by atoms with Crippen LogP contribution in [0, 0.1) is 5.92 Å². The van der Waals surface area contributed by atoms with Crippen LogP contribution >= 0.6 is 0 Å². The zero-order valence-corrected chi connectivity index (χ0v) is 8.92. The summed E-state index contributed by atoms with van der Waals surface area (Å²) >= 11 is 0. The maximum Gasteiger partial charge on any atom is 0.0524 e. The Balaban J connectivity index is 2.11. The van der Waals surface area contributed by atoms with E-state index < -0.39 is 0 Å². The van der Waals surface area contributed by atoms with Crippen molar-refractivity contribution in [1.82, 2.24) is 5.32 Å². The quantitative estimate of drug-likeness (QED) is 0.701. The van der Waals surface area contributed by atoms with Gasteiger partial charge in [-0.2, -0.15) is 0 Å². The predicted octanol–water partition coefficient (Wildman–Crippen LogP) is 1.93. The van der Waals surface area contributed by atoms with Gasteiger partial charge in [-0.1, -0.05) is 19.8 Å². The van der Waals surface area contributed by atoms with Gasteiger partial charge in [0.25, 0.3) is 0 Å². The summed E-state index contributed by atoms with van der Waals surface area (Å²) in [5, 5.41) is 12.7. The van der Waals surface area contributed by atoms with E-state index in [2.05, 4.69) is 12.2 Å². The highest BCUT2D eigenvalue weighted by molar-refractivity contribution is 4.77. The molecule has 78 valence electrons. The van der Waals surface area contributed by atoms with Crippen LogP contribution < -0.4 is 5.32 Å². The van der Waals surface area contributed by atoms with E-state index in [0.717, 1.165) is 18.9 Å². The SMILES string of the molecule is C[C@H](O)CCN[C@H]1CCCC[C@@H]1C. The van der Waals surface area contributed by atoms with Gasteiger partial charge in [-0.25, -0.2) is 0 Å². The van der Waals surface area contributed by atoms with E-state index in [1.54, 1.807) is 0 Å². The molecular formula is C11H23NO. The molecule has 1 saturated carbocycles. The van der Waals surface area contributed by atoms with Crippen molar-refractivity contribution in [3.8, 4) is 0 Å². The first-order chi connectivity index (χ1) is 6.20. The molecule has 0 aromatic carbocycles. The minimum atomic E-state index is -0.161. The second-order valence-corrected chi connectivity index (χ2v) is 4.46. The molecule has 2 heteroatoms. The third kappa shape index (κ3) is 4.10. The molecule has 1 aliphatic carbocycles. The molecule has 0 amide bonds. The smallest absolute Gasteiger partial charge is 0.0524 e. The second-order valence-electron chi connectivity index (χ2n) is 4.46. The Bertz CT molecular complexity index is 136. The maximum atomic E-state index is 9.11. The molecule has 3 atom stereocenters. The number of rotatable bonds is 4. The monoisotopic (exact) mass is 185 g/mol. The lowest BCUT2D eigenvalue weighted by Crippen LogP contribution is -2.38. The highest BCUT2D eigenvalue weighted by Crippen LogP contribution is 2.23. The molecule has 0 heterocycles. The molecule has 0 bridgehead atoms. The first-order valence-corrected chi connectivity index (χ1v) is 5.61. The first-order valence-electron chi connectivity index (χ1n) is 5.61. The molecular weight excluding hydrogens is 162 g/mol. The van der Waals surface area contributed by atoms with E-state index >= 15 is 0 Å². The summed E-state index contributed by atoms with van der Waals surface area (Å²) in [7, 11) is 0. The van der Waals surface area contributed by atoms with E-state index in [0.29, 0.717) is 6.04 Å². The Morgan fingerprint density at radius 3 is 2.69 bits per heavy atom. The highest BCUT2D eigenvalue weighted by Gasteiger charge is 2.20. The number of hydrogen-bond donors (Lipinski definition) is 2. The lowest BCUT2D eigenvalue weighted by atomic mass is 9.86. The average Bonchev–Trinajstić information content (AvgIpc) is 2.08. The van der Waals surface area contributed by atoms with Crippen molar-refractivity contribution in [3.63, 3.8) is 0 Å². The normalized spacial score (nSPS) is 31.6. The van der Waals surface area contributed by atoms with E-state index in [-0.39, 0.29) is 6.10 Å². The summed E-state index contributed by atoms with van der Waals surface area (Å²) in [6.45, 7) is 5.15. The van der Waals surface area contributed by atoms with E-state index in [9.17, 15) is 0 Å². The minimum absolute atomic E-state index is 0.161. The molecule has 0 aliphatic heterocycles. The fraction of sp³-hybridized carbons (Fsp3) is 1.00. The van der Waals surface area contributed by atoms with Gasteiger partial charge in [0.2, 0.25) is 0 Å². The van der Waals surface area contributed by atoms with Gasteiger partial charge in [0.05, 0.1) is 6.10 Å². The number of aliphatic hydroxyl groups is 1. The van der Waals surface area contributed by atoms with Crippen LogP contribution in [0.4, 0.5) is 0 Å². The lowest BCUT2D eigenvalue weighted by Gasteiger charge is -2.29. The first kappa shape index (κ1) is 11.0. The third-order valence-electron chi connectivity index (χ3n) is 3.08. The Kier molecular flexibility index (Phi) is 4.74. The van der Waals surface area contributed by atoms with Crippen LogP contribution in [0.25, 0.3) is 0 Å². The zero-order valence-electron chi connectivity index (χ0n) is 8.92. The van der Waals surface area contributed by atoms with Crippen LogP contribution in [0.5, 0.6) is 0 Å². The van der Waals surface area contributed by atoms with Crippen LogP contribution in [-0.4, -0.2) is 23.8 Å². The van der Waals surface area contributed by atoms with Crippen molar-refractivity contribution in [2.24, 2.45) is 5.92 Å². The molecule has 0 saturated heterocycles. The molecule has 0 aromatic rings. The second kappa shape index (κ2) is 5.61. The van der Waals surface area contributed by atoms with Crippen LogP contribution in [-0.2, 0) is 0 Å². The minimum Gasteiger partial charge on any atom is -0.393 e. The molecule has 0 aromatic heterocycles. The standard InChI is InChI=1S/C11H23NO/c1-9-5-3-4-6-11(9)12-8-7-10(2)13/h9-13H,3-8H2,1-2H3/t9-,10-,11-/m0/s1. The van der Waals surface area contributed by atoms with Crippen LogP contribution in [0.15, 0.2) is 0 Å². The average molecular weight is 185 g/mol. The maximum absolute atomic E-state index is 9.11. The molecule has 13 heavy (non-hydrogen) atoms. The number of hydrogen-bond acceptors (Lipinski definition) is 2. The largest absolute Gasteiger partial charge is 0.393 e. The van der Waals surface area contributed by atoms with E-state index in [1.807, 2.05) is 6.92 Å². The molecule has 0 spiro atoms. The van der Waals surface area contributed by atoms with Crippen molar-refractivity contribution >= 4 is 0 Å². The fourth-order valence-electron chi connectivity index (χ4n) is 2.10. The topological polar surface area (TPSA) is 32.3 Å². The van der Waals surface area contributed by atoms with Gasteiger partial charge >= 0.3 is 0 Å². The summed E-state index contributed by atoms with van der Waals surface area (Å²) < 4.78 is 0. The summed E-state index contributed by atoms with van der Waals surface area (Å²) in [6.07, 6.45) is 6.18. The Hall–Kier alpha value is -0.0800. The van der Waals surface area contributed by atoms with Gasteiger partial charge in [0, 0.05) is 6.04 Å². The molecule has 2 nitrogen and oxygen atoms in total. The molecule has 2 N–H and O–H groups in total. The van der Waals surface area contributed by atoms with Gasteiger partial charge in [0.1, 0.15) is 0 Å². The molecule has 1 aliphatic rings. The van der Waals surface area contributed by atoms with Crippen molar-refractivity contribution in [2.45, 2.75) is 58.1 Å². The van der Waals surface area contributed by atoms with Crippen LogP contribution in [0.3, 0.4) is 0 Å². The Morgan fingerprint density at radius 2 is 2.08 bits per heavy atom.